The molecule has 0 radical (unpaired) electrons. The van der Waals surface area contributed by atoms with Gasteiger partial charge in [-0.1, -0.05) is 23.8 Å². The Hall–Kier alpha value is -0.640. The molecule has 2 rings (SSSR count). The van der Waals surface area contributed by atoms with Crippen molar-refractivity contribution in [3.05, 3.63) is 55.7 Å². The van der Waals surface area contributed by atoms with E-state index in [9.17, 15) is 0 Å². The van der Waals surface area contributed by atoms with Crippen LogP contribution in [-0.4, -0.2) is 6.04 Å². The Labute approximate surface area is 121 Å². The molecule has 1 aromatic heterocycles. The average molecular weight is 324 g/mol. The van der Waals surface area contributed by atoms with E-state index in [1.54, 1.807) is 11.3 Å². The second-order valence-electron chi connectivity index (χ2n) is 4.83. The van der Waals surface area contributed by atoms with Gasteiger partial charge in [0.15, 0.2) is 0 Å². The van der Waals surface area contributed by atoms with Crippen molar-refractivity contribution >= 4 is 27.3 Å². The molecule has 0 bridgehead atoms. The molecule has 0 spiro atoms. The molecule has 0 aliphatic carbocycles. The molecule has 18 heavy (non-hydrogen) atoms. The van der Waals surface area contributed by atoms with Crippen LogP contribution in [-0.2, 0) is 12.8 Å². The molecule has 96 valence electrons. The molecule has 0 saturated carbocycles. The van der Waals surface area contributed by atoms with E-state index in [0.717, 1.165) is 17.3 Å². The Bertz CT molecular complexity index is 533. The van der Waals surface area contributed by atoms with Crippen LogP contribution < -0.4 is 5.73 Å². The fourth-order valence-corrected chi connectivity index (χ4v) is 3.64. The van der Waals surface area contributed by atoms with Gasteiger partial charge in [0.05, 0.1) is 0 Å². The molecule has 0 aliphatic rings. The van der Waals surface area contributed by atoms with Crippen molar-refractivity contribution in [3.63, 3.8) is 0 Å². The third kappa shape index (κ3) is 3.67. The van der Waals surface area contributed by atoms with Gasteiger partial charge in [0.1, 0.15) is 0 Å². The summed E-state index contributed by atoms with van der Waals surface area (Å²) in [4.78, 5) is 1.35. The quantitative estimate of drug-likeness (QED) is 0.894. The average Bonchev–Trinajstić information content (AvgIpc) is 2.69. The fraction of sp³-hybridized carbons (Fsp3) is 0.333. The van der Waals surface area contributed by atoms with Crippen LogP contribution in [0, 0.1) is 13.8 Å². The lowest BCUT2D eigenvalue weighted by molar-refractivity contribution is 0.668. The number of halogens is 1. The van der Waals surface area contributed by atoms with Gasteiger partial charge in [-0.3, -0.25) is 0 Å². The second kappa shape index (κ2) is 6.00. The summed E-state index contributed by atoms with van der Waals surface area (Å²) in [5.41, 5.74) is 10.3. The molecule has 1 aromatic carbocycles. The molecule has 1 unspecified atom stereocenters. The van der Waals surface area contributed by atoms with Gasteiger partial charge in [0.2, 0.25) is 0 Å². The van der Waals surface area contributed by atoms with Gasteiger partial charge >= 0.3 is 0 Å². The lowest BCUT2D eigenvalue weighted by atomic mass is 9.97. The van der Waals surface area contributed by atoms with Crippen LogP contribution in [0.15, 0.2) is 34.1 Å². The standard InChI is InChI=1S/C15H18BrNS/c1-10-3-4-11(2)12(5-10)6-14(17)8-15-7-13(16)9-18-15/h3-5,7,9,14H,6,8,17H2,1-2H3. The van der Waals surface area contributed by atoms with Gasteiger partial charge in [-0.2, -0.15) is 0 Å². The Balaban J connectivity index is 2.02. The van der Waals surface area contributed by atoms with E-state index in [4.69, 9.17) is 5.73 Å². The molecule has 3 heteroatoms. The molecule has 2 N–H and O–H groups in total. The van der Waals surface area contributed by atoms with E-state index in [1.807, 2.05) is 0 Å². The monoisotopic (exact) mass is 323 g/mol. The van der Waals surface area contributed by atoms with Gasteiger partial charge < -0.3 is 5.73 Å². The highest BCUT2D eigenvalue weighted by molar-refractivity contribution is 9.10. The predicted octanol–water partition coefficient (Wildman–Crippen LogP) is 4.24. The zero-order chi connectivity index (χ0) is 13.1. The van der Waals surface area contributed by atoms with E-state index >= 15 is 0 Å². The third-order valence-electron chi connectivity index (χ3n) is 3.07. The third-order valence-corrected chi connectivity index (χ3v) is 4.79. The first-order valence-corrected chi connectivity index (χ1v) is 7.76. The van der Waals surface area contributed by atoms with Crippen molar-refractivity contribution < 1.29 is 0 Å². The second-order valence-corrected chi connectivity index (χ2v) is 6.74. The fourth-order valence-electron chi connectivity index (χ4n) is 2.09. The Morgan fingerprint density at radius 2 is 2.00 bits per heavy atom. The van der Waals surface area contributed by atoms with Crippen molar-refractivity contribution in [3.8, 4) is 0 Å². The molecule has 2 aromatic rings. The molecular formula is C15H18BrNS. The Morgan fingerprint density at radius 3 is 2.67 bits per heavy atom. The van der Waals surface area contributed by atoms with E-state index in [1.165, 1.54) is 21.6 Å². The summed E-state index contributed by atoms with van der Waals surface area (Å²) in [7, 11) is 0. The van der Waals surface area contributed by atoms with E-state index in [2.05, 4.69) is 59.4 Å². The first-order valence-electron chi connectivity index (χ1n) is 6.09. The van der Waals surface area contributed by atoms with Crippen molar-refractivity contribution in [2.24, 2.45) is 5.73 Å². The maximum Gasteiger partial charge on any atom is 0.0285 e. The summed E-state index contributed by atoms with van der Waals surface area (Å²) in [6.07, 6.45) is 1.90. The van der Waals surface area contributed by atoms with Crippen LogP contribution in [0.25, 0.3) is 0 Å². The summed E-state index contributed by atoms with van der Waals surface area (Å²) in [6.45, 7) is 4.29. The number of aryl methyl sites for hydroxylation is 2. The first-order chi connectivity index (χ1) is 8.54. The summed E-state index contributed by atoms with van der Waals surface area (Å²) in [6, 6.07) is 8.93. The minimum atomic E-state index is 0.191. The summed E-state index contributed by atoms with van der Waals surface area (Å²) in [5.74, 6) is 0. The van der Waals surface area contributed by atoms with Crippen molar-refractivity contribution in [1.82, 2.24) is 0 Å². The normalized spacial score (nSPS) is 12.7. The number of benzene rings is 1. The Kier molecular flexibility index (Phi) is 4.60. The van der Waals surface area contributed by atoms with Crippen LogP contribution in [0.1, 0.15) is 21.6 Å². The van der Waals surface area contributed by atoms with Crippen molar-refractivity contribution in [2.75, 3.05) is 0 Å². The highest BCUT2D eigenvalue weighted by atomic mass is 79.9. The molecule has 0 saturated heterocycles. The van der Waals surface area contributed by atoms with E-state index in [-0.39, 0.29) is 6.04 Å². The molecular weight excluding hydrogens is 306 g/mol. The number of rotatable bonds is 4. The predicted molar refractivity (Wildman–Crippen MR) is 83.3 cm³/mol. The van der Waals surface area contributed by atoms with Crippen LogP contribution in [0.2, 0.25) is 0 Å². The molecule has 1 nitrogen and oxygen atoms in total. The SMILES string of the molecule is Cc1ccc(C)c(CC(N)Cc2cc(Br)cs2)c1. The van der Waals surface area contributed by atoms with Gasteiger partial charge in [-0.15, -0.1) is 11.3 Å². The van der Waals surface area contributed by atoms with E-state index < -0.39 is 0 Å². The van der Waals surface area contributed by atoms with Crippen LogP contribution in [0.4, 0.5) is 0 Å². The summed E-state index contributed by atoms with van der Waals surface area (Å²) in [5, 5.41) is 2.11. The smallest absolute Gasteiger partial charge is 0.0285 e. The molecule has 0 aliphatic heterocycles. The highest BCUT2D eigenvalue weighted by Crippen LogP contribution is 2.22. The molecule has 0 fully saturated rings. The van der Waals surface area contributed by atoms with Gasteiger partial charge in [-0.25, -0.2) is 0 Å². The lowest BCUT2D eigenvalue weighted by Crippen LogP contribution is -2.25. The lowest BCUT2D eigenvalue weighted by Gasteiger charge is -2.13. The molecule has 1 heterocycles. The van der Waals surface area contributed by atoms with Crippen molar-refractivity contribution in [2.45, 2.75) is 32.7 Å². The first kappa shape index (κ1) is 13.8. The van der Waals surface area contributed by atoms with Crippen LogP contribution in [0.5, 0.6) is 0 Å². The van der Waals surface area contributed by atoms with Crippen molar-refractivity contribution in [1.29, 1.82) is 0 Å². The number of thiophene rings is 1. The summed E-state index contributed by atoms with van der Waals surface area (Å²) >= 11 is 5.25. The largest absolute Gasteiger partial charge is 0.327 e. The van der Waals surface area contributed by atoms with Crippen LogP contribution >= 0.6 is 27.3 Å². The number of nitrogens with two attached hydrogens (primary N) is 1. The maximum atomic E-state index is 6.26. The minimum Gasteiger partial charge on any atom is -0.327 e. The summed E-state index contributed by atoms with van der Waals surface area (Å²) < 4.78 is 1.15. The number of hydrogen-bond acceptors (Lipinski definition) is 2. The maximum absolute atomic E-state index is 6.26. The van der Waals surface area contributed by atoms with Crippen LogP contribution in [0.3, 0.4) is 0 Å². The molecule has 1 atom stereocenters. The van der Waals surface area contributed by atoms with Gasteiger partial charge in [0.25, 0.3) is 0 Å². The number of hydrogen-bond donors (Lipinski definition) is 1. The minimum absolute atomic E-state index is 0.191. The molecule has 0 amide bonds. The van der Waals surface area contributed by atoms with Gasteiger partial charge in [-0.05, 0) is 59.8 Å². The zero-order valence-electron chi connectivity index (χ0n) is 10.7. The van der Waals surface area contributed by atoms with Gasteiger partial charge in [0, 0.05) is 20.8 Å². The Morgan fingerprint density at radius 1 is 1.22 bits per heavy atom. The highest BCUT2D eigenvalue weighted by Gasteiger charge is 2.09. The topological polar surface area (TPSA) is 26.0 Å². The zero-order valence-corrected chi connectivity index (χ0v) is 13.1. The van der Waals surface area contributed by atoms with E-state index in [0.29, 0.717) is 0 Å².